The van der Waals surface area contributed by atoms with Gasteiger partial charge in [0.25, 0.3) is 0 Å². The van der Waals surface area contributed by atoms with E-state index in [9.17, 15) is 4.39 Å². The highest BCUT2D eigenvalue weighted by Crippen LogP contribution is 2.39. The van der Waals surface area contributed by atoms with Crippen molar-refractivity contribution in [2.45, 2.75) is 45.4 Å². The van der Waals surface area contributed by atoms with Gasteiger partial charge in [-0.25, -0.2) is 4.39 Å². The summed E-state index contributed by atoms with van der Waals surface area (Å²) in [5.74, 6) is 2.53. The van der Waals surface area contributed by atoms with Crippen LogP contribution in [-0.2, 0) is 15.9 Å². The number of hydrogen-bond acceptors (Lipinski definition) is 4. The quantitative estimate of drug-likeness (QED) is 0.623. The Balaban J connectivity index is 1.96. The molecule has 1 saturated heterocycles. The maximum atomic E-state index is 14.9. The van der Waals surface area contributed by atoms with Crippen molar-refractivity contribution in [1.82, 2.24) is 14.8 Å². The molecule has 1 aliphatic rings. The largest absolute Gasteiger partial charge is 0.525 e. The second-order valence-electron chi connectivity index (χ2n) is 7.19. The third kappa shape index (κ3) is 3.43. The summed E-state index contributed by atoms with van der Waals surface area (Å²) in [5, 5.41) is 4.46. The molecule has 3 rings (SSSR count). The lowest BCUT2D eigenvalue weighted by Gasteiger charge is -2.32. The number of rotatable bonds is 4. The molecule has 1 aliphatic heterocycles. The van der Waals surface area contributed by atoms with E-state index in [0.29, 0.717) is 17.8 Å². The van der Waals surface area contributed by atoms with Gasteiger partial charge in [0, 0.05) is 29.7 Å². The van der Waals surface area contributed by atoms with Crippen molar-refractivity contribution < 1.29 is 13.7 Å². The highest BCUT2D eigenvalue weighted by molar-refractivity contribution is 6.54. The van der Waals surface area contributed by atoms with Gasteiger partial charge in [-0.1, -0.05) is 5.92 Å². The molecule has 0 atom stereocenters. The second-order valence-corrected chi connectivity index (χ2v) is 7.19. The first-order valence-electron chi connectivity index (χ1n) is 8.37. The molecule has 0 aromatic carbocycles. The summed E-state index contributed by atoms with van der Waals surface area (Å²) in [6.45, 7) is 7.83. The van der Waals surface area contributed by atoms with E-state index in [1.54, 1.807) is 23.3 Å². The Morgan fingerprint density at radius 2 is 1.88 bits per heavy atom. The van der Waals surface area contributed by atoms with Gasteiger partial charge in [0.1, 0.15) is 12.3 Å². The summed E-state index contributed by atoms with van der Waals surface area (Å²) in [6, 6.07) is 3.62. The normalized spacial score (nSPS) is 18.8. The molecule has 1 fully saturated rings. The van der Waals surface area contributed by atoms with E-state index >= 15 is 0 Å². The van der Waals surface area contributed by atoms with Crippen LogP contribution in [0.5, 0.6) is 0 Å². The molecule has 0 bridgehead atoms. The average Bonchev–Trinajstić information content (AvgIpc) is 3.06. The van der Waals surface area contributed by atoms with Crippen molar-refractivity contribution in [3.05, 3.63) is 42.0 Å². The zero-order valence-electron chi connectivity index (χ0n) is 15.4. The highest BCUT2D eigenvalue weighted by atomic mass is 19.1. The van der Waals surface area contributed by atoms with E-state index in [1.807, 2.05) is 39.8 Å². The SMILES string of the molecule is C#CCn1cc(C=C(F)B2OC(C)(C)C(C)(C)O2)c(-c2ccncc2)n1. The monoisotopic (exact) mass is 353 g/mol. The molecule has 134 valence electrons. The molecule has 0 amide bonds. The molecule has 3 heterocycles. The Bertz CT molecular complexity index is 853. The fourth-order valence-corrected chi connectivity index (χ4v) is 2.62. The number of nitrogens with zero attached hydrogens (tertiary/aromatic N) is 3. The summed E-state index contributed by atoms with van der Waals surface area (Å²) >= 11 is 0. The maximum Gasteiger partial charge on any atom is 0.525 e. The van der Waals surface area contributed by atoms with Gasteiger partial charge >= 0.3 is 7.12 Å². The molecule has 0 radical (unpaired) electrons. The van der Waals surface area contributed by atoms with Crippen molar-refractivity contribution in [2.75, 3.05) is 0 Å². The van der Waals surface area contributed by atoms with E-state index < -0.39 is 24.0 Å². The van der Waals surface area contributed by atoms with Gasteiger partial charge in [0.15, 0.2) is 0 Å². The topological polar surface area (TPSA) is 49.2 Å². The van der Waals surface area contributed by atoms with Crippen LogP contribution < -0.4 is 0 Å². The van der Waals surface area contributed by atoms with Crippen LogP contribution in [0.2, 0.25) is 0 Å². The minimum Gasteiger partial charge on any atom is -0.398 e. The fraction of sp³-hybridized carbons (Fsp3) is 0.368. The van der Waals surface area contributed by atoms with E-state index in [-0.39, 0.29) is 0 Å². The minimum atomic E-state index is -1.05. The molecule has 26 heavy (non-hydrogen) atoms. The predicted molar refractivity (Wildman–Crippen MR) is 99.5 cm³/mol. The van der Waals surface area contributed by atoms with Crippen LogP contribution in [0.4, 0.5) is 4.39 Å². The molecule has 7 heteroatoms. The Kier molecular flexibility index (Phi) is 4.74. The van der Waals surface area contributed by atoms with Gasteiger partial charge in [-0.2, -0.15) is 5.10 Å². The van der Waals surface area contributed by atoms with Crippen molar-refractivity contribution in [2.24, 2.45) is 0 Å². The van der Waals surface area contributed by atoms with E-state index in [4.69, 9.17) is 15.7 Å². The molecule has 0 N–H and O–H groups in total. The smallest absolute Gasteiger partial charge is 0.398 e. The molecule has 5 nitrogen and oxygen atoms in total. The molecular weight excluding hydrogens is 332 g/mol. The maximum absolute atomic E-state index is 14.9. The van der Waals surface area contributed by atoms with E-state index in [1.165, 1.54) is 6.08 Å². The van der Waals surface area contributed by atoms with Crippen molar-refractivity contribution >= 4 is 13.2 Å². The lowest BCUT2D eigenvalue weighted by atomic mass is 9.86. The van der Waals surface area contributed by atoms with Gasteiger partial charge in [-0.3, -0.25) is 9.67 Å². The highest BCUT2D eigenvalue weighted by Gasteiger charge is 2.53. The molecular formula is C19H21BFN3O2. The van der Waals surface area contributed by atoms with Gasteiger partial charge in [0.2, 0.25) is 0 Å². The Morgan fingerprint density at radius 1 is 1.27 bits per heavy atom. The number of halogens is 1. The number of terminal acetylenes is 1. The van der Waals surface area contributed by atoms with Crippen molar-refractivity contribution in [3.63, 3.8) is 0 Å². The molecule has 0 saturated carbocycles. The van der Waals surface area contributed by atoms with Gasteiger partial charge < -0.3 is 9.31 Å². The number of pyridine rings is 1. The third-order valence-corrected chi connectivity index (χ3v) is 4.77. The summed E-state index contributed by atoms with van der Waals surface area (Å²) in [7, 11) is -1.05. The van der Waals surface area contributed by atoms with Crippen LogP contribution >= 0.6 is 0 Å². The molecule has 0 unspecified atom stereocenters. The van der Waals surface area contributed by atoms with Gasteiger partial charge in [-0.15, -0.1) is 6.42 Å². The summed E-state index contributed by atoms with van der Waals surface area (Å²) in [6.07, 6.45) is 11.8. The standard InChI is InChI=1S/C19H21BFN3O2/c1-6-11-24-13-15(17(23-24)14-7-9-22-10-8-14)12-16(21)20-25-18(2,3)19(4,5)26-20/h1,7-10,12-13H,11H2,2-5H3. The van der Waals surface area contributed by atoms with Crippen LogP contribution in [0.15, 0.2) is 36.4 Å². The zero-order chi connectivity index (χ0) is 18.9. The third-order valence-electron chi connectivity index (χ3n) is 4.77. The van der Waals surface area contributed by atoms with Crippen molar-refractivity contribution in [1.29, 1.82) is 0 Å². The number of hydrogen-bond donors (Lipinski definition) is 0. The summed E-state index contributed by atoms with van der Waals surface area (Å²) in [4.78, 5) is 4.00. The first-order chi connectivity index (χ1) is 12.2. The van der Waals surface area contributed by atoms with Gasteiger partial charge in [-0.05, 0) is 45.9 Å². The molecule has 0 aliphatic carbocycles. The van der Waals surface area contributed by atoms with Crippen LogP contribution in [0.1, 0.15) is 33.3 Å². The summed E-state index contributed by atoms with van der Waals surface area (Å²) in [5.41, 5.74) is 0.311. The lowest BCUT2D eigenvalue weighted by molar-refractivity contribution is 0.00578. The Morgan fingerprint density at radius 3 is 2.46 bits per heavy atom. The van der Waals surface area contributed by atoms with Gasteiger partial charge in [0.05, 0.1) is 16.9 Å². The van der Waals surface area contributed by atoms with Crippen LogP contribution in [0.3, 0.4) is 0 Å². The number of aromatic nitrogens is 3. The van der Waals surface area contributed by atoms with Crippen LogP contribution in [0, 0.1) is 12.3 Å². The Hall–Kier alpha value is -2.43. The van der Waals surface area contributed by atoms with E-state index in [0.717, 1.165) is 5.56 Å². The van der Waals surface area contributed by atoms with Crippen LogP contribution in [0.25, 0.3) is 17.3 Å². The Labute approximate surface area is 153 Å². The van der Waals surface area contributed by atoms with Crippen LogP contribution in [-0.4, -0.2) is 33.1 Å². The van der Waals surface area contributed by atoms with Crippen molar-refractivity contribution in [3.8, 4) is 23.6 Å². The predicted octanol–water partition coefficient (Wildman–Crippen LogP) is 3.52. The molecule has 0 spiro atoms. The average molecular weight is 353 g/mol. The second kappa shape index (κ2) is 6.71. The molecule has 2 aromatic rings. The molecule has 2 aromatic heterocycles. The summed E-state index contributed by atoms with van der Waals surface area (Å²) < 4.78 is 28.0. The first kappa shape index (κ1) is 18.4. The first-order valence-corrected chi connectivity index (χ1v) is 8.37. The minimum absolute atomic E-state index is 0.296. The lowest BCUT2D eigenvalue weighted by Crippen LogP contribution is -2.41. The zero-order valence-corrected chi connectivity index (χ0v) is 15.4. The fourth-order valence-electron chi connectivity index (χ4n) is 2.62. The van der Waals surface area contributed by atoms with E-state index in [2.05, 4.69) is 16.0 Å².